The topological polar surface area (TPSA) is 34.9 Å². The number of halogens is 1. The Kier molecular flexibility index (Phi) is 13.5. The van der Waals surface area contributed by atoms with Gasteiger partial charge in [0.1, 0.15) is 5.82 Å². The summed E-state index contributed by atoms with van der Waals surface area (Å²) >= 11 is 0. The maximum Gasteiger partial charge on any atom is 0.265 e. The fourth-order valence-electron chi connectivity index (χ4n) is 5.49. The van der Waals surface area contributed by atoms with Crippen LogP contribution >= 0.6 is 0 Å². The number of rotatable bonds is 3. The molecule has 4 aromatic carbocycles. The van der Waals surface area contributed by atoms with Crippen LogP contribution in [0.2, 0.25) is 0 Å². The number of hydrogen-bond acceptors (Lipinski definition) is 2. The smallest absolute Gasteiger partial charge is 0.265 e. The normalized spacial score (nSPS) is 11.9. The van der Waals surface area contributed by atoms with E-state index in [1.54, 1.807) is 11.5 Å². The van der Waals surface area contributed by atoms with E-state index in [1.807, 2.05) is 55.5 Å². The Morgan fingerprint density at radius 2 is 1.29 bits per heavy atom. The van der Waals surface area contributed by atoms with Crippen molar-refractivity contribution < 1.29 is 4.39 Å². The predicted molar refractivity (Wildman–Crippen MR) is 215 cm³/mol. The third kappa shape index (κ3) is 10.5. The summed E-state index contributed by atoms with van der Waals surface area (Å²) in [7, 11) is 0. The molecule has 0 N–H and O–H groups in total. The van der Waals surface area contributed by atoms with Crippen LogP contribution in [0, 0.1) is 39.5 Å². The average Bonchev–Trinajstić information content (AvgIpc) is 3.12. The van der Waals surface area contributed by atoms with Crippen LogP contribution in [0.15, 0.2) is 108 Å². The number of fused-ring (bicyclic) bond motifs is 1. The predicted octanol–water partition coefficient (Wildman–Crippen LogP) is 9.86. The molecule has 1 aliphatic carbocycles. The van der Waals surface area contributed by atoms with Gasteiger partial charge in [-0.3, -0.25) is 9.36 Å². The molecule has 260 valence electrons. The van der Waals surface area contributed by atoms with Crippen molar-refractivity contribution >= 4 is 24.3 Å². The Bertz CT molecular complexity index is 2250. The Balaban J connectivity index is 0.000000414. The van der Waals surface area contributed by atoms with Crippen molar-refractivity contribution in [2.45, 2.75) is 73.6 Å². The van der Waals surface area contributed by atoms with E-state index in [0.717, 1.165) is 46.1 Å². The Morgan fingerprint density at radius 1 is 0.725 bits per heavy atom. The van der Waals surface area contributed by atoms with Gasteiger partial charge >= 0.3 is 0 Å². The summed E-state index contributed by atoms with van der Waals surface area (Å²) in [4.78, 5) is 18.7. The van der Waals surface area contributed by atoms with Gasteiger partial charge in [0.15, 0.2) is 0 Å². The molecule has 6 rings (SSSR count). The Labute approximate surface area is 303 Å². The zero-order chi connectivity index (χ0) is 37.0. The van der Waals surface area contributed by atoms with Gasteiger partial charge in [-0.2, -0.15) is 0 Å². The second kappa shape index (κ2) is 17.9. The van der Waals surface area contributed by atoms with E-state index in [2.05, 4.69) is 120 Å². The molecule has 0 atom stereocenters. The van der Waals surface area contributed by atoms with E-state index in [4.69, 9.17) is 4.98 Å². The van der Waals surface area contributed by atoms with E-state index in [-0.39, 0.29) is 11.0 Å². The lowest BCUT2D eigenvalue weighted by molar-refractivity contribution is 0.590. The number of aromatic nitrogens is 2. The van der Waals surface area contributed by atoms with Crippen LogP contribution in [-0.4, -0.2) is 9.55 Å². The van der Waals surface area contributed by atoms with Crippen molar-refractivity contribution in [3.8, 4) is 17.5 Å². The van der Waals surface area contributed by atoms with Crippen LogP contribution in [0.3, 0.4) is 0 Å². The first-order chi connectivity index (χ1) is 24.4. The van der Waals surface area contributed by atoms with Crippen LogP contribution in [0.25, 0.3) is 30.0 Å². The van der Waals surface area contributed by atoms with Crippen molar-refractivity contribution in [1.29, 1.82) is 0 Å². The van der Waals surface area contributed by atoms with Gasteiger partial charge in [-0.1, -0.05) is 118 Å². The molecule has 1 aromatic heterocycles. The second-order valence-electron chi connectivity index (χ2n) is 13.7. The molecule has 0 unspecified atom stereocenters. The fourth-order valence-corrected chi connectivity index (χ4v) is 5.49. The van der Waals surface area contributed by atoms with Crippen molar-refractivity contribution in [3.05, 3.63) is 175 Å². The standard InChI is InChI=1S/C36H34N2O.C8H10.C3H5F/c1-25-10-6-7-11-29(25)19-23-34-37-32-13-9-8-12-31(32)35(39)38(34)33-22-18-28(24-26(33)2)15-14-27-16-20-30(21-17-27)36(3,4)5;1-7-5-3-4-6-8(7)2;1-2-3-4/h6-7,10-13,16-24H,8-9H2,1-5H3;3-6H,1-2H3;2-3H,1H3/b23-19+;;3-2+. The van der Waals surface area contributed by atoms with Gasteiger partial charge < -0.3 is 0 Å². The molecular weight excluding hydrogens is 628 g/mol. The van der Waals surface area contributed by atoms with Gasteiger partial charge in [-0.15, -0.1) is 0 Å². The first-order valence-electron chi connectivity index (χ1n) is 17.5. The first-order valence-corrected chi connectivity index (χ1v) is 17.5. The van der Waals surface area contributed by atoms with Crippen LogP contribution in [-0.2, 0) is 5.41 Å². The summed E-state index contributed by atoms with van der Waals surface area (Å²) in [6.07, 6.45) is 11.6. The van der Waals surface area contributed by atoms with Crippen LogP contribution in [0.1, 0.15) is 90.9 Å². The summed E-state index contributed by atoms with van der Waals surface area (Å²) in [6.45, 7) is 16.6. The maximum atomic E-state index is 13.8. The number of nitrogens with zero attached hydrogens (tertiary/aromatic N) is 2. The van der Waals surface area contributed by atoms with Gasteiger partial charge in [-0.05, 0) is 123 Å². The minimum absolute atomic E-state index is 0.0405. The molecule has 1 heterocycles. The van der Waals surface area contributed by atoms with E-state index in [1.165, 1.54) is 28.3 Å². The molecule has 4 heteroatoms. The highest BCUT2D eigenvalue weighted by Crippen LogP contribution is 2.22. The molecule has 5 aromatic rings. The SMILES string of the molecule is C/C=C/F.Cc1ccccc1/C=C/c1nc2c(c(=O)n1-c1ccc(C#Cc3ccc(C(C)(C)C)cc3)cc1C)=CCCC=2.Cc1ccccc1C. The van der Waals surface area contributed by atoms with Crippen LogP contribution < -0.4 is 16.1 Å². The first kappa shape index (κ1) is 38.3. The largest absolute Gasteiger partial charge is 0.268 e. The molecule has 0 saturated carbocycles. The number of benzene rings is 4. The highest BCUT2D eigenvalue weighted by molar-refractivity contribution is 5.69. The average molecular weight is 677 g/mol. The molecule has 3 nitrogen and oxygen atoms in total. The second-order valence-corrected chi connectivity index (χ2v) is 13.7. The molecule has 0 saturated heterocycles. The molecule has 0 amide bonds. The Hall–Kier alpha value is -5.53. The van der Waals surface area contributed by atoms with Gasteiger partial charge in [0, 0.05) is 11.1 Å². The highest BCUT2D eigenvalue weighted by Gasteiger charge is 2.14. The minimum atomic E-state index is -0.0405. The summed E-state index contributed by atoms with van der Waals surface area (Å²) < 4.78 is 12.3. The maximum absolute atomic E-state index is 13.8. The lowest BCUT2D eigenvalue weighted by Gasteiger charge is -2.18. The van der Waals surface area contributed by atoms with Crippen LogP contribution in [0.5, 0.6) is 0 Å². The zero-order valence-electron chi connectivity index (χ0n) is 31.2. The van der Waals surface area contributed by atoms with Crippen molar-refractivity contribution in [2.75, 3.05) is 0 Å². The quantitative estimate of drug-likeness (QED) is 0.178. The Morgan fingerprint density at radius 3 is 1.86 bits per heavy atom. The molecule has 1 aliphatic rings. The number of hydrogen-bond donors (Lipinski definition) is 0. The summed E-state index contributed by atoms with van der Waals surface area (Å²) in [5, 5.41) is 1.45. The molecular formula is C47H49FN2O. The van der Waals surface area contributed by atoms with E-state index >= 15 is 0 Å². The fraction of sp³-hybridized carbons (Fsp3) is 0.234. The van der Waals surface area contributed by atoms with Crippen molar-refractivity contribution in [1.82, 2.24) is 9.55 Å². The van der Waals surface area contributed by atoms with Gasteiger partial charge in [-0.25, -0.2) is 9.37 Å². The highest BCUT2D eigenvalue weighted by atomic mass is 19.1. The van der Waals surface area contributed by atoms with Gasteiger partial charge in [0.05, 0.1) is 22.6 Å². The summed E-state index contributed by atoms with van der Waals surface area (Å²) in [6, 6.07) is 31.0. The van der Waals surface area contributed by atoms with Gasteiger partial charge in [0.25, 0.3) is 5.56 Å². The third-order valence-electron chi connectivity index (χ3n) is 8.72. The number of aryl methyl sites for hydroxylation is 4. The van der Waals surface area contributed by atoms with Crippen molar-refractivity contribution in [2.24, 2.45) is 0 Å². The zero-order valence-corrected chi connectivity index (χ0v) is 31.2. The minimum Gasteiger partial charge on any atom is -0.268 e. The monoisotopic (exact) mass is 676 g/mol. The third-order valence-corrected chi connectivity index (χ3v) is 8.72. The number of allylic oxidation sites excluding steroid dienone is 1. The molecule has 0 bridgehead atoms. The lowest BCUT2D eigenvalue weighted by atomic mass is 9.87. The lowest BCUT2D eigenvalue weighted by Crippen LogP contribution is -2.48. The molecule has 0 aliphatic heterocycles. The molecule has 51 heavy (non-hydrogen) atoms. The molecule has 0 fully saturated rings. The van der Waals surface area contributed by atoms with Crippen molar-refractivity contribution in [3.63, 3.8) is 0 Å². The summed E-state index contributed by atoms with van der Waals surface area (Å²) in [5.74, 6) is 7.19. The molecule has 0 spiro atoms. The van der Waals surface area contributed by atoms with Gasteiger partial charge in [0.2, 0.25) is 0 Å². The van der Waals surface area contributed by atoms with E-state index < -0.39 is 0 Å². The van der Waals surface area contributed by atoms with E-state index in [9.17, 15) is 9.18 Å². The molecule has 0 radical (unpaired) electrons. The van der Waals surface area contributed by atoms with Crippen LogP contribution in [0.4, 0.5) is 4.39 Å². The van der Waals surface area contributed by atoms with E-state index in [0.29, 0.717) is 17.4 Å². The summed E-state index contributed by atoms with van der Waals surface area (Å²) in [5.41, 5.74) is 10.1.